The van der Waals surface area contributed by atoms with Crippen LogP contribution < -0.4 is 10.7 Å². The van der Waals surface area contributed by atoms with Crippen LogP contribution >= 0.6 is 0 Å². The lowest BCUT2D eigenvalue weighted by atomic mass is 9.74. The molecular weight excluding hydrogens is 1040 g/mol. The van der Waals surface area contributed by atoms with Gasteiger partial charge in [-0.3, -0.25) is 18.6 Å². The van der Waals surface area contributed by atoms with Gasteiger partial charge in [0, 0.05) is 56.1 Å². The molecule has 1 aromatic heterocycles. The summed E-state index contributed by atoms with van der Waals surface area (Å²) in [6.45, 7) is 19.3. The Kier molecular flexibility index (Phi) is 20.5. The van der Waals surface area contributed by atoms with Gasteiger partial charge in [0.25, 0.3) is 10.1 Å². The van der Waals surface area contributed by atoms with Gasteiger partial charge >= 0.3 is 18.1 Å². The van der Waals surface area contributed by atoms with E-state index >= 15 is 0 Å². The van der Waals surface area contributed by atoms with Gasteiger partial charge in [0.2, 0.25) is 5.43 Å². The van der Waals surface area contributed by atoms with E-state index in [-0.39, 0.29) is 43.3 Å². The molecule has 4 aliphatic rings. The fourth-order valence-electron chi connectivity index (χ4n) is 12.2. The highest BCUT2D eigenvalue weighted by atomic mass is 32.2. The van der Waals surface area contributed by atoms with Gasteiger partial charge in [-0.15, -0.1) is 0 Å². The highest BCUT2D eigenvalue weighted by Gasteiger charge is 2.59. The Morgan fingerprint density at radius 2 is 1.63 bits per heavy atom. The Hall–Kier alpha value is -4.14. The fourth-order valence-corrected chi connectivity index (χ4v) is 13.3. The van der Waals surface area contributed by atoms with Crippen molar-refractivity contribution in [1.82, 2.24) is 14.8 Å². The van der Waals surface area contributed by atoms with Crippen molar-refractivity contribution in [2.45, 2.75) is 205 Å². The van der Waals surface area contributed by atoms with E-state index in [4.69, 9.17) is 42.1 Å². The average Bonchev–Trinajstić information content (AvgIpc) is 3.76. The standard InChI is InChI=1S/C55H85N3O19S/c1-15-40-55(11)47(75-52(65)76-55)31(5)42(59)29(3)26-53(9,66)46(74-51-44(61)39(57(12)13)24-30(4)70-51)32(6)45(33(7)50(64)72-40)73-41-27-54(10,69-14)48(34(8)71-41)77-78(67,68)23-22-56-21-17-18-35-19-20-38-36(25-35)43(60)37(49(62)63)28-58(38)16-2/h19-20,25,28-34,39-41,44-48,51,56,61,66H,15-18,21-24,26-27H2,1-14H3,(H,62,63)/t29-,30-,31+,32+,33-,34+,39+,40-,41+,44-,45+,46-,47-,48+,51+,53-,54-,55-/m1/s1. The molecule has 4 saturated heterocycles. The highest BCUT2D eigenvalue weighted by molar-refractivity contribution is 7.86. The predicted molar refractivity (Wildman–Crippen MR) is 284 cm³/mol. The van der Waals surface area contributed by atoms with E-state index in [0.29, 0.717) is 43.3 Å². The van der Waals surface area contributed by atoms with Crippen LogP contribution in [0.15, 0.2) is 29.2 Å². The van der Waals surface area contributed by atoms with Crippen molar-refractivity contribution >= 4 is 44.9 Å². The number of rotatable bonds is 18. The van der Waals surface area contributed by atoms with Crippen molar-refractivity contribution in [2.75, 3.05) is 40.0 Å². The van der Waals surface area contributed by atoms with Crippen molar-refractivity contribution in [3.8, 4) is 0 Å². The number of carboxylic acid groups (broad SMARTS) is 1. The van der Waals surface area contributed by atoms with Crippen LogP contribution in [0, 0.1) is 23.7 Å². The smallest absolute Gasteiger partial charge is 0.477 e. The molecule has 0 spiro atoms. The fraction of sp³-hybridized carbons (Fsp3) is 0.764. The summed E-state index contributed by atoms with van der Waals surface area (Å²) in [7, 11) is 0.838. The number of hydrogen-bond donors (Lipinski definition) is 4. The lowest BCUT2D eigenvalue weighted by Gasteiger charge is -2.49. The van der Waals surface area contributed by atoms with Gasteiger partial charge in [0.1, 0.15) is 29.7 Å². The normalized spacial score (nSPS) is 37.3. The predicted octanol–water partition coefficient (Wildman–Crippen LogP) is 4.58. The summed E-state index contributed by atoms with van der Waals surface area (Å²) >= 11 is 0. The monoisotopic (exact) mass is 1120 g/mol. The first kappa shape index (κ1) is 63.0. The zero-order valence-electron chi connectivity index (χ0n) is 47.7. The number of ketones is 1. The Morgan fingerprint density at radius 1 is 0.936 bits per heavy atom. The van der Waals surface area contributed by atoms with Crippen molar-refractivity contribution in [2.24, 2.45) is 23.7 Å². The zero-order chi connectivity index (χ0) is 58.0. The number of hydrogen-bond acceptors (Lipinski definition) is 20. The number of aliphatic hydroxyl groups is 2. The second-order valence-corrected chi connectivity index (χ2v) is 24.6. The van der Waals surface area contributed by atoms with E-state index in [2.05, 4.69) is 5.32 Å². The van der Waals surface area contributed by atoms with E-state index in [1.165, 1.54) is 20.2 Å². The van der Waals surface area contributed by atoms with Crippen molar-refractivity contribution in [3.63, 3.8) is 0 Å². The first-order valence-corrected chi connectivity index (χ1v) is 28.9. The van der Waals surface area contributed by atoms with Crippen LogP contribution in [0.5, 0.6) is 0 Å². The van der Waals surface area contributed by atoms with Crippen LogP contribution in [0.25, 0.3) is 10.9 Å². The lowest BCUT2D eigenvalue weighted by molar-refractivity contribution is -0.316. The molecule has 2 aromatic rings. The average molecular weight is 1120 g/mol. The molecule has 23 heteroatoms. The molecule has 440 valence electrons. The molecule has 4 N–H and O–H groups in total. The number of ether oxygens (including phenoxy) is 8. The number of aliphatic hydroxyl groups excluding tert-OH is 1. The number of benzene rings is 1. The Morgan fingerprint density at radius 3 is 2.26 bits per heavy atom. The van der Waals surface area contributed by atoms with E-state index < -0.39 is 141 Å². The van der Waals surface area contributed by atoms with Gasteiger partial charge in [-0.25, -0.2) is 9.59 Å². The van der Waals surface area contributed by atoms with Gasteiger partial charge < -0.3 is 68.0 Å². The summed E-state index contributed by atoms with van der Waals surface area (Å²) in [5.41, 5.74) is -4.24. The zero-order valence-corrected chi connectivity index (χ0v) is 48.5. The summed E-state index contributed by atoms with van der Waals surface area (Å²) in [5.74, 6) is -6.80. The minimum Gasteiger partial charge on any atom is -0.477 e. The molecule has 0 unspecified atom stereocenters. The molecular formula is C55H85N3O19S. The molecule has 0 saturated carbocycles. The molecule has 1 aromatic carbocycles. The third-order valence-corrected chi connectivity index (χ3v) is 17.8. The number of cyclic esters (lactones) is 1. The summed E-state index contributed by atoms with van der Waals surface area (Å²) in [6.07, 6.45) is -9.21. The van der Waals surface area contributed by atoms with E-state index in [1.54, 1.807) is 72.1 Å². The van der Waals surface area contributed by atoms with Crippen LogP contribution in [0.4, 0.5) is 4.79 Å². The third-order valence-electron chi connectivity index (χ3n) is 16.6. The van der Waals surface area contributed by atoms with Crippen LogP contribution in [0.1, 0.15) is 124 Å². The van der Waals surface area contributed by atoms with Crippen molar-refractivity contribution in [3.05, 3.63) is 45.7 Å². The number of fused-ring (bicyclic) bond motifs is 2. The Balaban J connectivity index is 1.21. The summed E-state index contributed by atoms with van der Waals surface area (Å²) in [6, 6.07) is 4.98. The van der Waals surface area contributed by atoms with Crippen LogP contribution in [-0.4, -0.2) is 181 Å². The number of aromatic nitrogens is 1. The Bertz CT molecular complexity index is 2630. The van der Waals surface area contributed by atoms with Gasteiger partial charge in [-0.05, 0) is 119 Å². The molecule has 0 radical (unpaired) electrons. The number of aromatic carboxylic acids is 1. The number of carbonyl (C=O) groups is 4. The molecule has 78 heavy (non-hydrogen) atoms. The highest BCUT2D eigenvalue weighted by Crippen LogP contribution is 2.44. The van der Waals surface area contributed by atoms with Crippen LogP contribution in [0.2, 0.25) is 0 Å². The first-order valence-electron chi connectivity index (χ1n) is 27.3. The number of esters is 1. The van der Waals surface area contributed by atoms with Crippen LogP contribution in [0.3, 0.4) is 0 Å². The molecule has 4 aliphatic heterocycles. The Labute approximate surface area is 458 Å². The van der Waals surface area contributed by atoms with Crippen molar-refractivity contribution < 1.29 is 85.0 Å². The van der Waals surface area contributed by atoms with E-state index in [0.717, 1.165) is 5.56 Å². The summed E-state index contributed by atoms with van der Waals surface area (Å²) < 4.78 is 84.8. The number of pyridine rings is 1. The maximum atomic E-state index is 14.7. The van der Waals surface area contributed by atoms with E-state index in [1.807, 2.05) is 38.9 Å². The van der Waals surface area contributed by atoms with Gasteiger partial charge in [-0.1, -0.05) is 33.8 Å². The number of likely N-dealkylation sites (N-methyl/N-ethyl adjacent to an activating group) is 1. The van der Waals surface area contributed by atoms with Crippen LogP contribution in [-0.2, 0) is 74.8 Å². The second-order valence-electron chi connectivity index (χ2n) is 22.9. The number of carboxylic acids is 1. The van der Waals surface area contributed by atoms with Gasteiger partial charge in [0.15, 0.2) is 24.3 Å². The quantitative estimate of drug-likeness (QED) is 0.0903. The summed E-state index contributed by atoms with van der Waals surface area (Å²) in [4.78, 5) is 68.5. The number of nitrogens with zero attached hydrogens (tertiary/aromatic N) is 2. The molecule has 5 heterocycles. The molecule has 18 atom stereocenters. The molecule has 6 rings (SSSR count). The number of nitrogens with one attached hydrogen (secondary N) is 1. The minimum atomic E-state index is -4.22. The summed E-state index contributed by atoms with van der Waals surface area (Å²) in [5, 5.41) is 37.5. The molecule has 0 bridgehead atoms. The van der Waals surface area contributed by atoms with E-state index in [9.17, 15) is 47.7 Å². The number of carbonyl (C=O) groups excluding carboxylic acids is 3. The number of methoxy groups -OCH3 is 1. The van der Waals surface area contributed by atoms with Crippen molar-refractivity contribution in [1.29, 1.82) is 0 Å². The largest absolute Gasteiger partial charge is 0.509 e. The maximum Gasteiger partial charge on any atom is 0.509 e. The minimum absolute atomic E-state index is 0.0406. The van der Waals surface area contributed by atoms with Gasteiger partial charge in [0.05, 0.1) is 58.7 Å². The molecule has 22 nitrogen and oxygen atoms in total. The molecule has 0 amide bonds. The molecule has 4 fully saturated rings. The first-order chi connectivity index (χ1) is 36.4. The topological polar surface area (TPSA) is 283 Å². The third kappa shape index (κ3) is 13.8. The second kappa shape index (κ2) is 25.3. The van der Waals surface area contributed by atoms with Gasteiger partial charge in [-0.2, -0.15) is 8.42 Å². The number of Topliss-reactive ketones (excluding diaryl/α,β-unsaturated/α-hetero) is 1. The molecule has 0 aliphatic carbocycles. The number of aryl methyl sites for hydroxylation is 2. The lowest BCUT2D eigenvalue weighted by Crippen LogP contribution is -2.61. The maximum absolute atomic E-state index is 14.7. The SMILES string of the molecule is CC[C@H]1OC(=O)[C@H](C)[C@@H](O[C@H]2C[C@@](C)(OC)[C@@H](OS(=O)(=O)CCNCCCc3ccc4c(c3)c(=O)c(C(=O)O)cn4CC)[C@H](C)O2)[C@H](C)[C@@H](O[C@@H]2O[C@H](C)C[C@H](N(C)C)[C@H]2O)[C@](C)(O)C[C@@H](C)C(=O)[C@H](C)[C@H]2OC(=O)O[C@@]21C.